The Labute approximate surface area is 321 Å². The third kappa shape index (κ3) is 7.63. The Bertz CT molecular complexity index is 1800. The molecule has 3 heterocycles. The lowest BCUT2D eigenvalue weighted by Crippen LogP contribution is -2.64. The molecule has 290 valence electrons. The topological polar surface area (TPSA) is 101 Å². The van der Waals surface area contributed by atoms with Gasteiger partial charge in [0.2, 0.25) is 10.0 Å². The van der Waals surface area contributed by atoms with Gasteiger partial charge in [0.1, 0.15) is 11.4 Å². The molecular weight excluding hydrogens is 712 g/mol. The van der Waals surface area contributed by atoms with E-state index in [0.29, 0.717) is 49.5 Å². The third-order valence-corrected chi connectivity index (χ3v) is 15.4. The van der Waals surface area contributed by atoms with Gasteiger partial charge >= 0.3 is 0 Å². The van der Waals surface area contributed by atoms with Gasteiger partial charge in [-0.15, -0.1) is 0 Å². The van der Waals surface area contributed by atoms with E-state index in [9.17, 15) is 13.2 Å². The lowest BCUT2D eigenvalue weighted by atomic mass is 9.63. The molecule has 5 aliphatic rings. The van der Waals surface area contributed by atoms with Crippen molar-refractivity contribution in [3.63, 3.8) is 0 Å². The summed E-state index contributed by atoms with van der Waals surface area (Å²) in [5, 5.41) is -0.0362. The maximum atomic E-state index is 13.6. The number of halogens is 1. The molecule has 1 saturated heterocycles. The van der Waals surface area contributed by atoms with Crippen LogP contribution in [0.2, 0.25) is 5.02 Å². The van der Waals surface area contributed by atoms with Gasteiger partial charge in [0.05, 0.1) is 24.2 Å². The number of aryl methyl sites for hydroxylation is 1. The van der Waals surface area contributed by atoms with E-state index in [1.807, 2.05) is 32.2 Å². The summed E-state index contributed by atoms with van der Waals surface area (Å²) in [4.78, 5) is 20.9. The summed E-state index contributed by atoms with van der Waals surface area (Å²) in [7, 11) is 1.79. The van der Waals surface area contributed by atoms with Crippen LogP contribution in [0.1, 0.15) is 67.4 Å². The van der Waals surface area contributed by atoms with E-state index in [0.717, 1.165) is 75.5 Å². The van der Waals surface area contributed by atoms with Gasteiger partial charge in [-0.1, -0.05) is 36.7 Å². The number of sulfonamides is 1. The van der Waals surface area contributed by atoms with Crippen LogP contribution in [0.25, 0.3) is 0 Å². The van der Waals surface area contributed by atoms with Crippen LogP contribution in [0.4, 0.5) is 5.69 Å². The quantitative estimate of drug-likeness (QED) is 0.365. The third-order valence-electron chi connectivity index (χ3n) is 13.3. The number of ether oxygens (including phenoxy) is 3. The first-order valence-electron chi connectivity index (χ1n) is 19.4. The Morgan fingerprint density at radius 2 is 1.91 bits per heavy atom. The fourth-order valence-electron chi connectivity index (χ4n) is 9.53. The molecule has 1 spiro atoms. The van der Waals surface area contributed by atoms with Crippen LogP contribution in [-0.2, 0) is 31.3 Å². The normalized spacial score (nSPS) is 32.4. The summed E-state index contributed by atoms with van der Waals surface area (Å²) >= 11 is 6.50. The van der Waals surface area contributed by atoms with Gasteiger partial charge in [-0.2, -0.15) is 0 Å². The molecular formula is C41H57ClN4O6S. The van der Waals surface area contributed by atoms with Crippen LogP contribution >= 0.6 is 11.6 Å². The van der Waals surface area contributed by atoms with Crippen molar-refractivity contribution in [2.24, 2.45) is 17.8 Å². The molecule has 10 nitrogen and oxygen atoms in total. The van der Waals surface area contributed by atoms with Crippen LogP contribution in [0.5, 0.6) is 5.75 Å². The predicted molar refractivity (Wildman–Crippen MR) is 210 cm³/mol. The highest BCUT2D eigenvalue weighted by molar-refractivity contribution is 7.90. The number of likely N-dealkylation sites (N-methyl/N-ethyl adjacent to an activating group) is 1. The van der Waals surface area contributed by atoms with Crippen molar-refractivity contribution in [3.05, 3.63) is 70.3 Å². The minimum atomic E-state index is -3.96. The molecule has 0 radical (unpaired) electrons. The molecule has 1 saturated carbocycles. The Balaban J connectivity index is 1.26. The number of hydrogen-bond donors (Lipinski definition) is 1. The molecule has 3 aliphatic heterocycles. The first-order chi connectivity index (χ1) is 25.4. The molecule has 1 N–H and O–H groups in total. The average molecular weight is 769 g/mol. The van der Waals surface area contributed by atoms with Crippen molar-refractivity contribution in [1.82, 2.24) is 14.5 Å². The number of amides is 1. The fourth-order valence-corrected chi connectivity index (χ4v) is 11.0. The summed E-state index contributed by atoms with van der Waals surface area (Å²) in [5.74, 6) is 0.458. The van der Waals surface area contributed by atoms with Gasteiger partial charge in [-0.05, 0) is 112 Å². The van der Waals surface area contributed by atoms with Crippen molar-refractivity contribution < 1.29 is 27.4 Å². The SMILES string of the molecule is COCCN(C)C1CN(C[C@@]2(OC)/C=C/C[C@H](C)[C@@H](C)S(=O)(=O)NC(=O)c3ccc4c(c3)N(C[C@@H]3CC[C@H]32)C[C@@]2(CCCc3cc(Cl)ccc32)CO4)C1. The van der Waals surface area contributed by atoms with Crippen LogP contribution in [0, 0.1) is 17.8 Å². The number of allylic oxidation sites excluding steroid dienone is 1. The summed E-state index contributed by atoms with van der Waals surface area (Å²) in [6.45, 7) is 9.93. The zero-order valence-corrected chi connectivity index (χ0v) is 33.6. The Morgan fingerprint density at radius 1 is 1.09 bits per heavy atom. The van der Waals surface area contributed by atoms with E-state index >= 15 is 0 Å². The summed E-state index contributed by atoms with van der Waals surface area (Å²) in [6.07, 6.45) is 10.0. The molecule has 2 fully saturated rings. The lowest BCUT2D eigenvalue weighted by molar-refractivity contribution is -0.108. The predicted octanol–water partition coefficient (Wildman–Crippen LogP) is 5.53. The number of hydrogen-bond acceptors (Lipinski definition) is 9. The number of nitrogens with zero attached hydrogens (tertiary/aromatic N) is 3. The molecule has 12 heteroatoms. The van der Waals surface area contributed by atoms with Gasteiger partial charge in [0.15, 0.2) is 0 Å². The maximum Gasteiger partial charge on any atom is 0.264 e. The molecule has 53 heavy (non-hydrogen) atoms. The van der Waals surface area contributed by atoms with Gasteiger partial charge in [-0.3, -0.25) is 14.6 Å². The van der Waals surface area contributed by atoms with Gasteiger partial charge in [0.25, 0.3) is 5.91 Å². The van der Waals surface area contributed by atoms with E-state index in [1.165, 1.54) is 11.1 Å². The van der Waals surface area contributed by atoms with Crippen molar-refractivity contribution in [1.29, 1.82) is 0 Å². The van der Waals surface area contributed by atoms with E-state index < -0.39 is 26.8 Å². The fraction of sp³-hybridized carbons (Fsp3) is 0.634. The van der Waals surface area contributed by atoms with E-state index in [2.05, 4.69) is 50.8 Å². The Kier molecular flexibility index (Phi) is 11.3. The second kappa shape index (κ2) is 15.5. The number of benzene rings is 2. The number of anilines is 1. The Hall–Kier alpha value is -2.67. The van der Waals surface area contributed by atoms with Crippen molar-refractivity contribution in [3.8, 4) is 5.75 Å². The molecule has 1 amide bonds. The van der Waals surface area contributed by atoms with Crippen LogP contribution in [0.15, 0.2) is 48.6 Å². The summed E-state index contributed by atoms with van der Waals surface area (Å²) in [5.41, 5.74) is 2.88. The molecule has 2 bridgehead atoms. The minimum absolute atomic E-state index is 0.223. The monoisotopic (exact) mass is 768 g/mol. The van der Waals surface area contributed by atoms with Gasteiger partial charge < -0.3 is 19.1 Å². The van der Waals surface area contributed by atoms with Crippen LogP contribution < -0.4 is 14.4 Å². The smallest absolute Gasteiger partial charge is 0.264 e. The van der Waals surface area contributed by atoms with Crippen LogP contribution in [-0.4, -0.2) is 115 Å². The summed E-state index contributed by atoms with van der Waals surface area (Å²) < 4.78 is 48.3. The second-order valence-corrected chi connectivity index (χ2v) is 19.0. The minimum Gasteiger partial charge on any atom is -0.490 e. The lowest BCUT2D eigenvalue weighted by Gasteiger charge is -2.54. The van der Waals surface area contributed by atoms with E-state index in [-0.39, 0.29) is 17.3 Å². The molecule has 0 aromatic heterocycles. The second-order valence-electron chi connectivity index (χ2n) is 16.5. The van der Waals surface area contributed by atoms with E-state index in [1.54, 1.807) is 20.1 Å². The largest absolute Gasteiger partial charge is 0.490 e. The molecule has 2 aliphatic carbocycles. The van der Waals surface area contributed by atoms with Crippen molar-refractivity contribution >= 4 is 33.2 Å². The first-order valence-corrected chi connectivity index (χ1v) is 21.3. The van der Waals surface area contributed by atoms with Crippen molar-refractivity contribution in [2.75, 3.05) is 78.6 Å². The molecule has 0 unspecified atom stereocenters. The maximum absolute atomic E-state index is 13.6. The zero-order chi connectivity index (χ0) is 37.5. The standard InChI is InChI=1S/C41H57ClN4O6S/c1-28-8-6-17-41(51-5,26-45-23-34(24-45)44(3)18-19-50-4)36-13-10-32(36)22-46-25-40(16-7-9-30-20-33(42)12-14-35(30)40)27-52-38-15-11-31(21-37(38)46)39(47)43-53(48,49)29(28)2/h6,11-12,14-15,17,20-21,28-29,32,34,36H,7-10,13,16,18-19,22-27H2,1-5H3,(H,43,47)/b17-6+/t28-,29+,32-,36+,40-,41-/m0/s1. The molecule has 2 aromatic carbocycles. The summed E-state index contributed by atoms with van der Waals surface area (Å²) in [6, 6.07) is 12.1. The van der Waals surface area contributed by atoms with Gasteiger partial charge in [-0.25, -0.2) is 13.1 Å². The highest BCUT2D eigenvalue weighted by Crippen LogP contribution is 2.49. The molecule has 6 atom stereocenters. The number of carbonyl (C=O) groups is 1. The number of fused-ring (bicyclic) bond motifs is 4. The molecule has 7 rings (SSSR count). The van der Waals surface area contributed by atoms with E-state index in [4.69, 9.17) is 25.8 Å². The molecule has 2 aromatic rings. The number of nitrogens with one attached hydrogen (secondary N) is 1. The highest BCUT2D eigenvalue weighted by Gasteiger charge is 2.51. The highest BCUT2D eigenvalue weighted by atomic mass is 35.5. The van der Waals surface area contributed by atoms with Gasteiger partial charge in [0, 0.05) is 75.5 Å². The Morgan fingerprint density at radius 3 is 2.64 bits per heavy atom. The van der Waals surface area contributed by atoms with Crippen LogP contribution in [0.3, 0.4) is 0 Å². The zero-order valence-electron chi connectivity index (χ0n) is 32.0. The number of methoxy groups -OCH3 is 2. The number of rotatable bonds is 7. The number of carbonyl (C=O) groups excluding carboxylic acids is 1. The first kappa shape index (κ1) is 38.6. The average Bonchev–Trinajstić information content (AvgIpc) is 3.25. The van der Waals surface area contributed by atoms with Crippen molar-refractivity contribution in [2.45, 2.75) is 74.7 Å². The number of likely N-dealkylation sites (tertiary alicyclic amines) is 1.